The number of thiophene rings is 1. The predicted molar refractivity (Wildman–Crippen MR) is 69.9 cm³/mol. The van der Waals surface area contributed by atoms with Crippen LogP contribution in [0.25, 0.3) is 0 Å². The van der Waals surface area contributed by atoms with Gasteiger partial charge in [-0.3, -0.25) is 0 Å². The Balaban J connectivity index is 1.85. The first kappa shape index (κ1) is 11.5. The van der Waals surface area contributed by atoms with Crippen molar-refractivity contribution in [1.82, 2.24) is 5.32 Å². The third-order valence-corrected chi connectivity index (χ3v) is 5.35. The summed E-state index contributed by atoms with van der Waals surface area (Å²) < 4.78 is 1.48. The van der Waals surface area contributed by atoms with Gasteiger partial charge in [0, 0.05) is 11.3 Å². The summed E-state index contributed by atoms with van der Waals surface area (Å²) in [5, 5.41) is 6.65. The van der Waals surface area contributed by atoms with Crippen molar-refractivity contribution in [1.29, 1.82) is 0 Å². The Kier molecular flexibility index (Phi) is 4.54. The van der Waals surface area contributed by atoms with E-state index in [1.165, 1.54) is 36.4 Å². The van der Waals surface area contributed by atoms with E-state index in [1.54, 1.807) is 0 Å². The quantitative estimate of drug-likeness (QED) is 0.842. The normalized spacial score (nSPS) is 25.9. The van der Waals surface area contributed by atoms with Crippen molar-refractivity contribution in [3.8, 4) is 0 Å². The third-order valence-electron chi connectivity index (χ3n) is 2.87. The van der Waals surface area contributed by atoms with E-state index >= 15 is 0 Å². The second kappa shape index (κ2) is 5.92. The molecule has 1 aromatic rings. The highest BCUT2D eigenvalue weighted by Gasteiger charge is 2.27. The lowest BCUT2D eigenvalue weighted by atomic mass is 10.2. The lowest BCUT2D eigenvalue weighted by Gasteiger charge is -2.19. The van der Waals surface area contributed by atoms with Crippen molar-refractivity contribution in [3.05, 3.63) is 17.5 Å². The van der Waals surface area contributed by atoms with Gasteiger partial charge in [0.05, 0.1) is 4.21 Å². The summed E-state index contributed by atoms with van der Waals surface area (Å²) in [4.78, 5) is 0. The summed E-state index contributed by atoms with van der Waals surface area (Å²) in [6, 6.07) is 5.14. The maximum absolute atomic E-state index is 3.68. The SMILES string of the molecule is CCCNC1CCCC1Sc1cccs1. The van der Waals surface area contributed by atoms with E-state index in [2.05, 4.69) is 41.5 Å². The third kappa shape index (κ3) is 3.23. The minimum atomic E-state index is 0.747. The molecule has 2 atom stereocenters. The standard InChI is InChI=1S/C12H19NS2/c1-2-8-13-10-5-3-6-11(10)15-12-7-4-9-14-12/h4,7,9-11,13H,2-3,5-6,8H2,1H3. The average molecular weight is 241 g/mol. The molecule has 0 aromatic carbocycles. The van der Waals surface area contributed by atoms with Crippen molar-refractivity contribution in [2.24, 2.45) is 0 Å². The van der Waals surface area contributed by atoms with E-state index in [-0.39, 0.29) is 0 Å². The second-order valence-electron chi connectivity index (χ2n) is 4.08. The zero-order valence-electron chi connectivity index (χ0n) is 9.24. The van der Waals surface area contributed by atoms with Gasteiger partial charge in [-0.2, -0.15) is 0 Å². The molecule has 1 fully saturated rings. The van der Waals surface area contributed by atoms with Crippen LogP contribution in [0, 0.1) is 0 Å². The van der Waals surface area contributed by atoms with Crippen molar-refractivity contribution in [2.45, 2.75) is 48.1 Å². The Morgan fingerprint density at radius 3 is 3.20 bits per heavy atom. The van der Waals surface area contributed by atoms with Gasteiger partial charge in [-0.25, -0.2) is 0 Å². The van der Waals surface area contributed by atoms with Crippen molar-refractivity contribution >= 4 is 23.1 Å². The maximum Gasteiger partial charge on any atom is 0.0601 e. The maximum atomic E-state index is 3.68. The highest BCUT2D eigenvalue weighted by atomic mass is 32.2. The van der Waals surface area contributed by atoms with E-state index in [4.69, 9.17) is 0 Å². The van der Waals surface area contributed by atoms with Crippen LogP contribution < -0.4 is 5.32 Å². The molecule has 1 aliphatic rings. The van der Waals surface area contributed by atoms with Gasteiger partial charge in [-0.05, 0) is 37.3 Å². The fourth-order valence-corrected chi connectivity index (χ4v) is 4.45. The molecule has 0 bridgehead atoms. The van der Waals surface area contributed by atoms with Crippen LogP contribution in [0.2, 0.25) is 0 Å². The van der Waals surface area contributed by atoms with Crippen LogP contribution in [0.15, 0.2) is 21.7 Å². The number of rotatable bonds is 5. The van der Waals surface area contributed by atoms with Crippen molar-refractivity contribution in [3.63, 3.8) is 0 Å². The minimum Gasteiger partial charge on any atom is -0.313 e. The van der Waals surface area contributed by atoms with E-state index in [0.717, 1.165) is 11.3 Å². The summed E-state index contributed by atoms with van der Waals surface area (Å²) in [6.45, 7) is 3.41. The summed E-state index contributed by atoms with van der Waals surface area (Å²) in [5.41, 5.74) is 0. The van der Waals surface area contributed by atoms with E-state index < -0.39 is 0 Å². The highest BCUT2D eigenvalue weighted by Crippen LogP contribution is 2.36. The van der Waals surface area contributed by atoms with Gasteiger partial charge in [0.2, 0.25) is 0 Å². The predicted octanol–water partition coefficient (Wildman–Crippen LogP) is 3.76. The molecule has 1 aromatic heterocycles. The molecule has 3 heteroatoms. The molecule has 2 unspecified atom stereocenters. The van der Waals surface area contributed by atoms with Crippen LogP contribution in [0.4, 0.5) is 0 Å². The first-order valence-electron chi connectivity index (χ1n) is 5.83. The van der Waals surface area contributed by atoms with Crippen LogP contribution in [-0.4, -0.2) is 17.8 Å². The summed E-state index contributed by atoms with van der Waals surface area (Å²) in [6.07, 6.45) is 5.38. The van der Waals surface area contributed by atoms with Crippen LogP contribution in [0.3, 0.4) is 0 Å². The molecule has 1 N–H and O–H groups in total. The molecule has 0 radical (unpaired) electrons. The largest absolute Gasteiger partial charge is 0.313 e. The molecule has 0 amide bonds. The Labute approximate surface area is 101 Å². The molecule has 1 nitrogen and oxygen atoms in total. The molecule has 0 aliphatic heterocycles. The molecule has 1 aliphatic carbocycles. The molecule has 1 heterocycles. The minimum absolute atomic E-state index is 0.747. The van der Waals surface area contributed by atoms with Gasteiger partial charge in [0.15, 0.2) is 0 Å². The molecule has 15 heavy (non-hydrogen) atoms. The van der Waals surface area contributed by atoms with E-state index in [1.807, 2.05) is 11.3 Å². The molecular weight excluding hydrogens is 222 g/mol. The van der Waals surface area contributed by atoms with Gasteiger partial charge in [-0.1, -0.05) is 19.4 Å². The van der Waals surface area contributed by atoms with Crippen molar-refractivity contribution in [2.75, 3.05) is 6.54 Å². The zero-order valence-corrected chi connectivity index (χ0v) is 10.9. The summed E-state index contributed by atoms with van der Waals surface area (Å²) in [7, 11) is 0. The fourth-order valence-electron chi connectivity index (χ4n) is 2.11. The number of thioether (sulfide) groups is 1. The smallest absolute Gasteiger partial charge is 0.0601 e. The van der Waals surface area contributed by atoms with Gasteiger partial charge < -0.3 is 5.32 Å². The lowest BCUT2D eigenvalue weighted by molar-refractivity contribution is 0.531. The lowest BCUT2D eigenvalue weighted by Crippen LogP contribution is -2.34. The van der Waals surface area contributed by atoms with E-state index in [9.17, 15) is 0 Å². The molecule has 2 rings (SSSR count). The second-order valence-corrected chi connectivity index (χ2v) is 6.57. The van der Waals surface area contributed by atoms with Gasteiger partial charge in [-0.15, -0.1) is 23.1 Å². The first-order chi connectivity index (χ1) is 7.40. The molecular formula is C12H19NS2. The van der Waals surface area contributed by atoms with Crippen LogP contribution in [-0.2, 0) is 0 Å². The highest BCUT2D eigenvalue weighted by molar-refractivity contribution is 8.01. The Morgan fingerprint density at radius 1 is 1.53 bits per heavy atom. The Hall–Kier alpha value is 0.01000. The van der Waals surface area contributed by atoms with Crippen molar-refractivity contribution < 1.29 is 0 Å². The number of hydrogen-bond donors (Lipinski definition) is 1. The number of nitrogens with one attached hydrogen (secondary N) is 1. The molecule has 84 valence electrons. The summed E-state index contributed by atoms with van der Waals surface area (Å²) >= 11 is 3.94. The molecule has 0 saturated heterocycles. The van der Waals surface area contributed by atoms with Crippen LogP contribution in [0.1, 0.15) is 32.6 Å². The van der Waals surface area contributed by atoms with Gasteiger partial charge in [0.25, 0.3) is 0 Å². The summed E-state index contributed by atoms with van der Waals surface area (Å²) in [5.74, 6) is 0. The first-order valence-corrected chi connectivity index (χ1v) is 7.59. The fraction of sp³-hybridized carbons (Fsp3) is 0.667. The Morgan fingerprint density at radius 2 is 2.47 bits per heavy atom. The van der Waals surface area contributed by atoms with Gasteiger partial charge >= 0.3 is 0 Å². The zero-order chi connectivity index (χ0) is 10.5. The van der Waals surface area contributed by atoms with Crippen LogP contribution >= 0.6 is 23.1 Å². The molecule has 0 spiro atoms. The van der Waals surface area contributed by atoms with Crippen LogP contribution in [0.5, 0.6) is 0 Å². The van der Waals surface area contributed by atoms with Gasteiger partial charge in [0.1, 0.15) is 0 Å². The number of hydrogen-bond acceptors (Lipinski definition) is 3. The Bertz CT molecular complexity index is 271. The van der Waals surface area contributed by atoms with E-state index in [0.29, 0.717) is 0 Å². The molecule has 1 saturated carbocycles. The monoisotopic (exact) mass is 241 g/mol. The average Bonchev–Trinajstić information content (AvgIpc) is 2.87. The topological polar surface area (TPSA) is 12.0 Å².